The first kappa shape index (κ1) is 20.2. The van der Waals surface area contributed by atoms with Gasteiger partial charge in [-0.15, -0.1) is 0 Å². The number of ketones is 1. The van der Waals surface area contributed by atoms with E-state index >= 15 is 0 Å². The van der Waals surface area contributed by atoms with Crippen molar-refractivity contribution in [3.05, 3.63) is 65.5 Å². The predicted octanol–water partition coefficient (Wildman–Crippen LogP) is 3.15. The Morgan fingerprint density at radius 3 is 2.42 bits per heavy atom. The van der Waals surface area contributed by atoms with Crippen LogP contribution in [0.5, 0.6) is 0 Å². The number of aliphatic imine (C=N–C) groups is 1. The quantitative estimate of drug-likeness (QED) is 0.279. The molecule has 1 heterocycles. The van der Waals surface area contributed by atoms with Crippen molar-refractivity contribution in [1.29, 1.82) is 0 Å². The molecule has 0 radical (unpaired) electrons. The van der Waals surface area contributed by atoms with Gasteiger partial charge < -0.3 is 22.7 Å². The van der Waals surface area contributed by atoms with E-state index in [0.29, 0.717) is 22.7 Å². The molecule has 2 rings (SSSR count). The van der Waals surface area contributed by atoms with Crippen LogP contribution in [-0.2, 0) is 24.7 Å². The summed E-state index contributed by atoms with van der Waals surface area (Å²) in [4.78, 5) is 17.5. The molecule has 2 aromatic rings. The van der Waals surface area contributed by atoms with E-state index in [2.05, 4.69) is 25.8 Å². The van der Waals surface area contributed by atoms with Crippen molar-refractivity contribution in [2.24, 2.45) is 4.99 Å². The molecule has 0 aliphatic carbocycles. The minimum atomic E-state index is -0.697. The molecule has 0 fully saturated rings. The molecule has 0 saturated heterocycles. The maximum atomic E-state index is 13.2. The molecule has 1 unspecified atom stereocenters. The molecule has 0 saturated carbocycles. The lowest BCUT2D eigenvalue weighted by Crippen LogP contribution is -2.48. The van der Waals surface area contributed by atoms with Gasteiger partial charge in [-0.3, -0.25) is 4.79 Å². The zero-order chi connectivity index (χ0) is 19.3. The lowest BCUT2D eigenvalue weighted by atomic mass is 9.86. The fraction of sp³-hybridized carbons (Fsp3) is 0.381. The SMILES string of the molecule is CCN=C([S-])C(C(=O)c1ccc(C(C)(C)C)cc1)[n+]1cccc(CO)c1. The molecule has 1 aromatic carbocycles. The molecule has 0 bridgehead atoms. The Bertz CT molecular complexity index is 792. The second-order valence-electron chi connectivity index (χ2n) is 7.22. The minimum Gasteiger partial charge on any atom is -0.758 e. The first-order valence-corrected chi connectivity index (χ1v) is 9.15. The summed E-state index contributed by atoms with van der Waals surface area (Å²) in [7, 11) is 0. The van der Waals surface area contributed by atoms with Gasteiger partial charge in [-0.1, -0.05) is 45.0 Å². The number of hydrogen-bond acceptors (Lipinski definition) is 4. The lowest BCUT2D eigenvalue weighted by molar-refractivity contribution is -0.692. The average molecular weight is 371 g/mol. The Hall–Kier alpha value is -2.11. The summed E-state index contributed by atoms with van der Waals surface area (Å²) < 4.78 is 1.73. The van der Waals surface area contributed by atoms with Gasteiger partial charge in [0.15, 0.2) is 12.4 Å². The van der Waals surface area contributed by atoms with Crippen molar-refractivity contribution in [3.8, 4) is 0 Å². The first-order chi connectivity index (χ1) is 12.3. The first-order valence-electron chi connectivity index (χ1n) is 8.74. The number of rotatable bonds is 6. The summed E-state index contributed by atoms with van der Waals surface area (Å²) in [6.45, 7) is 8.72. The predicted molar refractivity (Wildman–Crippen MR) is 106 cm³/mol. The van der Waals surface area contributed by atoms with Gasteiger partial charge in [0.1, 0.15) is 0 Å². The Labute approximate surface area is 161 Å². The third-order valence-electron chi connectivity index (χ3n) is 4.20. The van der Waals surface area contributed by atoms with E-state index in [9.17, 15) is 9.90 Å². The van der Waals surface area contributed by atoms with Gasteiger partial charge in [-0.25, -0.2) is 0 Å². The van der Waals surface area contributed by atoms with Crippen LogP contribution in [0, 0.1) is 0 Å². The van der Waals surface area contributed by atoms with Crippen LogP contribution in [0.3, 0.4) is 0 Å². The van der Waals surface area contributed by atoms with Crippen molar-refractivity contribution in [1.82, 2.24) is 0 Å². The third kappa shape index (κ3) is 4.74. The van der Waals surface area contributed by atoms with E-state index in [1.807, 2.05) is 31.2 Å². The fourth-order valence-corrected chi connectivity index (χ4v) is 3.07. The van der Waals surface area contributed by atoms with Crippen molar-refractivity contribution in [3.63, 3.8) is 0 Å². The van der Waals surface area contributed by atoms with Crippen molar-refractivity contribution < 1.29 is 14.5 Å². The summed E-state index contributed by atoms with van der Waals surface area (Å²) in [6.07, 6.45) is 3.52. The van der Waals surface area contributed by atoms with Gasteiger partial charge in [0.25, 0.3) is 0 Å². The molecule has 1 atom stereocenters. The normalized spacial score (nSPS) is 13.5. The van der Waals surface area contributed by atoms with E-state index in [1.54, 1.807) is 29.1 Å². The fourth-order valence-electron chi connectivity index (χ4n) is 2.71. The Kier molecular flexibility index (Phi) is 6.62. The summed E-state index contributed by atoms with van der Waals surface area (Å²) in [6, 6.07) is 10.6. The van der Waals surface area contributed by atoms with Gasteiger partial charge in [-0.2, -0.15) is 4.57 Å². The van der Waals surface area contributed by atoms with Gasteiger partial charge in [0.2, 0.25) is 11.8 Å². The highest BCUT2D eigenvalue weighted by Crippen LogP contribution is 2.23. The highest BCUT2D eigenvalue weighted by Gasteiger charge is 2.28. The number of carbonyl (C=O) groups excluding carboxylic acids is 1. The highest BCUT2D eigenvalue weighted by atomic mass is 32.1. The number of aliphatic hydroxyl groups excluding tert-OH is 1. The van der Waals surface area contributed by atoms with Crippen LogP contribution in [-0.4, -0.2) is 22.5 Å². The number of aliphatic hydroxyl groups is 1. The number of hydrogen-bond donors (Lipinski definition) is 1. The van der Waals surface area contributed by atoms with E-state index in [4.69, 9.17) is 12.6 Å². The molecule has 5 heteroatoms. The molecular formula is C21H26N2O2S. The van der Waals surface area contributed by atoms with Crippen molar-refractivity contribution >= 4 is 23.5 Å². The van der Waals surface area contributed by atoms with Crippen LogP contribution >= 0.6 is 0 Å². The van der Waals surface area contributed by atoms with Crippen LogP contribution in [0.25, 0.3) is 0 Å². The molecule has 26 heavy (non-hydrogen) atoms. The zero-order valence-corrected chi connectivity index (χ0v) is 16.6. The molecule has 138 valence electrons. The Morgan fingerprint density at radius 1 is 1.23 bits per heavy atom. The van der Waals surface area contributed by atoms with Crippen LogP contribution in [0.2, 0.25) is 0 Å². The molecule has 1 N–H and O–H groups in total. The topological polar surface area (TPSA) is 53.5 Å². The summed E-state index contributed by atoms with van der Waals surface area (Å²) in [5.74, 6) is -0.104. The summed E-state index contributed by atoms with van der Waals surface area (Å²) in [5.41, 5.74) is 2.51. The van der Waals surface area contributed by atoms with E-state index in [1.165, 1.54) is 5.56 Å². The molecule has 0 aliphatic heterocycles. The van der Waals surface area contributed by atoms with E-state index in [0.717, 1.165) is 0 Å². The Balaban J connectivity index is 2.45. The Morgan fingerprint density at radius 2 is 1.88 bits per heavy atom. The van der Waals surface area contributed by atoms with Crippen LogP contribution < -0.4 is 4.57 Å². The third-order valence-corrected chi connectivity index (χ3v) is 4.55. The lowest BCUT2D eigenvalue weighted by Gasteiger charge is -2.21. The number of carbonyl (C=O) groups is 1. The number of pyridine rings is 1. The van der Waals surface area contributed by atoms with Gasteiger partial charge in [0, 0.05) is 23.7 Å². The van der Waals surface area contributed by atoms with Crippen LogP contribution in [0.15, 0.2) is 53.8 Å². The van der Waals surface area contributed by atoms with Crippen molar-refractivity contribution in [2.45, 2.75) is 45.8 Å². The van der Waals surface area contributed by atoms with E-state index < -0.39 is 6.04 Å². The molecule has 0 spiro atoms. The van der Waals surface area contributed by atoms with Crippen LogP contribution in [0.4, 0.5) is 0 Å². The van der Waals surface area contributed by atoms with Crippen molar-refractivity contribution in [2.75, 3.05) is 6.54 Å². The second kappa shape index (κ2) is 8.52. The van der Waals surface area contributed by atoms with E-state index in [-0.39, 0.29) is 17.8 Å². The highest BCUT2D eigenvalue weighted by molar-refractivity contribution is 7.77. The number of aromatic nitrogens is 1. The monoisotopic (exact) mass is 370 g/mol. The number of Topliss-reactive ketones (excluding diaryl/α,β-unsaturated/α-hetero) is 1. The molecule has 0 amide bonds. The summed E-state index contributed by atoms with van der Waals surface area (Å²) in [5, 5.41) is 9.74. The number of benzene rings is 1. The molecule has 1 aromatic heterocycles. The minimum absolute atomic E-state index is 0.0258. The second-order valence-corrected chi connectivity index (χ2v) is 7.64. The molecule has 0 aliphatic rings. The van der Waals surface area contributed by atoms with Crippen LogP contribution in [0.1, 0.15) is 55.2 Å². The maximum absolute atomic E-state index is 13.2. The maximum Gasteiger partial charge on any atom is 0.237 e. The van der Waals surface area contributed by atoms with Gasteiger partial charge in [0.05, 0.1) is 6.61 Å². The summed E-state index contributed by atoms with van der Waals surface area (Å²) >= 11 is 5.43. The molecule has 4 nitrogen and oxygen atoms in total. The largest absolute Gasteiger partial charge is 0.758 e. The number of nitrogens with zero attached hydrogens (tertiary/aromatic N) is 2. The zero-order valence-electron chi connectivity index (χ0n) is 15.8. The van der Waals surface area contributed by atoms with Gasteiger partial charge in [-0.05, 0) is 29.0 Å². The smallest absolute Gasteiger partial charge is 0.237 e. The average Bonchev–Trinajstić information content (AvgIpc) is 2.61. The molecular weight excluding hydrogens is 344 g/mol. The van der Waals surface area contributed by atoms with Gasteiger partial charge >= 0.3 is 0 Å². The standard InChI is InChI=1S/C21H26N2O2S/c1-5-22-20(26)18(23-12-6-7-15(13-23)14-24)19(25)16-8-10-17(11-9-16)21(2,3)4/h6-13,18,24H,5,14H2,1-4H3.